The van der Waals surface area contributed by atoms with Gasteiger partial charge in [-0.15, -0.1) is 0 Å². The maximum absolute atomic E-state index is 5.74. The monoisotopic (exact) mass is 263 g/mol. The van der Waals surface area contributed by atoms with Crippen molar-refractivity contribution in [2.75, 3.05) is 24.2 Å². The third-order valence-electron chi connectivity index (χ3n) is 2.26. The molecule has 0 fully saturated rings. The minimum atomic E-state index is 0.535. The quantitative estimate of drug-likeness (QED) is 0.643. The number of benzene rings is 1. The highest BCUT2D eigenvalue weighted by molar-refractivity contribution is 6.30. The van der Waals surface area contributed by atoms with E-state index in [1.54, 1.807) is 18.3 Å². The van der Waals surface area contributed by atoms with Crippen LogP contribution in [0.2, 0.25) is 5.02 Å². The van der Waals surface area contributed by atoms with Gasteiger partial charge in [-0.1, -0.05) is 17.7 Å². The second-order valence-corrected chi connectivity index (χ2v) is 4.15. The number of nitrogens with zero attached hydrogens (tertiary/aromatic N) is 1. The van der Waals surface area contributed by atoms with Crippen LogP contribution in [0.3, 0.4) is 0 Å². The van der Waals surface area contributed by atoms with Crippen LogP contribution in [0.4, 0.5) is 11.5 Å². The molecule has 0 saturated carbocycles. The first-order chi connectivity index (χ1) is 8.74. The molecule has 0 bridgehead atoms. The molecule has 1 heterocycles. The molecule has 0 aliphatic rings. The molecule has 2 aromatic rings. The van der Waals surface area contributed by atoms with Crippen molar-refractivity contribution in [3.8, 4) is 5.75 Å². The molecular formula is C13H14ClN3O. The first-order valence-corrected chi connectivity index (χ1v) is 5.95. The van der Waals surface area contributed by atoms with Crippen LogP contribution in [-0.4, -0.2) is 18.1 Å². The maximum atomic E-state index is 5.74. The van der Waals surface area contributed by atoms with Crippen molar-refractivity contribution in [2.24, 2.45) is 0 Å². The molecule has 0 aliphatic heterocycles. The van der Waals surface area contributed by atoms with E-state index in [-0.39, 0.29) is 0 Å². The molecule has 3 N–H and O–H groups in total. The maximum Gasteiger partial charge on any atom is 0.126 e. The van der Waals surface area contributed by atoms with E-state index in [1.807, 2.05) is 24.3 Å². The minimum Gasteiger partial charge on any atom is -0.492 e. The lowest BCUT2D eigenvalue weighted by Gasteiger charge is -2.08. The van der Waals surface area contributed by atoms with Crippen LogP contribution in [0.1, 0.15) is 0 Å². The molecule has 1 aromatic carbocycles. The topological polar surface area (TPSA) is 60.2 Å². The highest BCUT2D eigenvalue weighted by Gasteiger charge is 1.96. The van der Waals surface area contributed by atoms with Gasteiger partial charge >= 0.3 is 0 Å². The zero-order valence-electron chi connectivity index (χ0n) is 9.77. The van der Waals surface area contributed by atoms with E-state index in [9.17, 15) is 0 Å². The Kier molecular flexibility index (Phi) is 4.25. The average Bonchev–Trinajstić information content (AvgIpc) is 2.37. The van der Waals surface area contributed by atoms with E-state index in [4.69, 9.17) is 22.1 Å². The normalized spacial score (nSPS) is 10.1. The Morgan fingerprint density at radius 1 is 1.28 bits per heavy atom. The van der Waals surface area contributed by atoms with Gasteiger partial charge in [-0.3, -0.25) is 0 Å². The number of hydrogen-bond acceptors (Lipinski definition) is 4. The highest BCUT2D eigenvalue weighted by atomic mass is 35.5. The number of nitrogen functional groups attached to an aromatic ring is 1. The van der Waals surface area contributed by atoms with Gasteiger partial charge in [0.05, 0.1) is 11.6 Å². The molecule has 0 saturated heterocycles. The Morgan fingerprint density at radius 3 is 2.89 bits per heavy atom. The lowest BCUT2D eigenvalue weighted by Crippen LogP contribution is -2.12. The Balaban J connectivity index is 1.74. The smallest absolute Gasteiger partial charge is 0.126 e. The molecule has 5 heteroatoms. The van der Waals surface area contributed by atoms with Crippen molar-refractivity contribution in [3.63, 3.8) is 0 Å². The van der Waals surface area contributed by atoms with Crippen molar-refractivity contribution in [1.29, 1.82) is 0 Å². The Morgan fingerprint density at radius 2 is 2.17 bits per heavy atom. The van der Waals surface area contributed by atoms with E-state index in [2.05, 4.69) is 10.3 Å². The number of halogens is 1. The molecule has 0 unspecified atom stereocenters. The predicted molar refractivity (Wildman–Crippen MR) is 74.1 cm³/mol. The van der Waals surface area contributed by atoms with Gasteiger partial charge in [0.2, 0.25) is 0 Å². The fourth-order valence-corrected chi connectivity index (χ4v) is 1.54. The number of aromatic nitrogens is 1. The van der Waals surface area contributed by atoms with Crippen LogP contribution >= 0.6 is 11.6 Å². The lowest BCUT2D eigenvalue weighted by atomic mass is 10.3. The fraction of sp³-hybridized carbons (Fsp3) is 0.154. The van der Waals surface area contributed by atoms with Gasteiger partial charge in [0.1, 0.15) is 18.2 Å². The summed E-state index contributed by atoms with van der Waals surface area (Å²) < 4.78 is 5.54. The van der Waals surface area contributed by atoms with Gasteiger partial charge in [0, 0.05) is 18.0 Å². The highest BCUT2D eigenvalue weighted by Crippen LogP contribution is 2.14. The van der Waals surface area contributed by atoms with Crippen LogP contribution in [0.15, 0.2) is 42.6 Å². The van der Waals surface area contributed by atoms with Gasteiger partial charge in [-0.25, -0.2) is 4.98 Å². The Hall–Kier alpha value is -1.94. The van der Waals surface area contributed by atoms with Gasteiger partial charge in [-0.2, -0.15) is 0 Å². The summed E-state index contributed by atoms with van der Waals surface area (Å²) in [7, 11) is 0. The van der Waals surface area contributed by atoms with Crippen LogP contribution in [0, 0.1) is 0 Å². The second kappa shape index (κ2) is 6.12. The summed E-state index contributed by atoms with van der Waals surface area (Å²) in [5.41, 5.74) is 6.34. The van der Waals surface area contributed by atoms with Crippen LogP contribution < -0.4 is 15.8 Å². The molecule has 0 spiro atoms. The number of pyridine rings is 1. The summed E-state index contributed by atoms with van der Waals surface area (Å²) in [4.78, 5) is 4.12. The number of rotatable bonds is 5. The molecule has 1 aromatic heterocycles. The average molecular weight is 264 g/mol. The Labute approximate surface area is 111 Å². The van der Waals surface area contributed by atoms with E-state index < -0.39 is 0 Å². The van der Waals surface area contributed by atoms with Crippen LogP contribution in [0.25, 0.3) is 0 Å². The molecule has 94 valence electrons. The lowest BCUT2D eigenvalue weighted by molar-refractivity contribution is 0.333. The van der Waals surface area contributed by atoms with Gasteiger partial charge in [-0.05, 0) is 24.3 Å². The number of nitrogens with two attached hydrogens (primary N) is 1. The summed E-state index contributed by atoms with van der Waals surface area (Å²) in [6.07, 6.45) is 1.60. The molecule has 0 atom stereocenters. The summed E-state index contributed by atoms with van der Waals surface area (Å²) in [5.74, 6) is 1.54. The third kappa shape index (κ3) is 3.82. The zero-order chi connectivity index (χ0) is 12.8. The van der Waals surface area contributed by atoms with E-state index in [1.165, 1.54) is 0 Å². The van der Waals surface area contributed by atoms with E-state index >= 15 is 0 Å². The molecule has 18 heavy (non-hydrogen) atoms. The van der Waals surface area contributed by atoms with Crippen molar-refractivity contribution < 1.29 is 4.74 Å². The van der Waals surface area contributed by atoms with E-state index in [0.717, 1.165) is 11.6 Å². The Bertz CT molecular complexity index is 502. The first-order valence-electron chi connectivity index (χ1n) is 5.58. The van der Waals surface area contributed by atoms with Gasteiger partial charge in [0.25, 0.3) is 0 Å². The largest absolute Gasteiger partial charge is 0.492 e. The van der Waals surface area contributed by atoms with Crippen molar-refractivity contribution in [2.45, 2.75) is 0 Å². The van der Waals surface area contributed by atoms with Crippen LogP contribution in [0.5, 0.6) is 5.75 Å². The van der Waals surface area contributed by atoms with Crippen molar-refractivity contribution in [3.05, 3.63) is 47.6 Å². The third-order valence-corrected chi connectivity index (χ3v) is 2.49. The standard InChI is InChI=1S/C13H14ClN3O/c14-10-4-5-13(17-9-10)16-6-7-18-12-3-1-2-11(15)8-12/h1-5,8-9H,6-7,15H2,(H,16,17). The number of anilines is 2. The fourth-order valence-electron chi connectivity index (χ4n) is 1.43. The first kappa shape index (κ1) is 12.5. The summed E-state index contributed by atoms with van der Waals surface area (Å²) >= 11 is 5.74. The SMILES string of the molecule is Nc1cccc(OCCNc2ccc(Cl)cn2)c1. The van der Waals surface area contributed by atoms with Crippen molar-refractivity contribution in [1.82, 2.24) is 4.98 Å². The molecule has 2 rings (SSSR count). The minimum absolute atomic E-state index is 0.535. The second-order valence-electron chi connectivity index (χ2n) is 3.71. The number of ether oxygens (including phenoxy) is 1. The molecular weight excluding hydrogens is 250 g/mol. The molecule has 4 nitrogen and oxygen atoms in total. The van der Waals surface area contributed by atoms with Crippen LogP contribution in [-0.2, 0) is 0 Å². The zero-order valence-corrected chi connectivity index (χ0v) is 10.5. The number of nitrogens with one attached hydrogen (secondary N) is 1. The molecule has 0 amide bonds. The van der Waals surface area contributed by atoms with Gasteiger partial charge < -0.3 is 15.8 Å². The summed E-state index contributed by atoms with van der Waals surface area (Å²) in [5, 5.41) is 3.75. The number of hydrogen-bond donors (Lipinski definition) is 2. The molecule has 0 aliphatic carbocycles. The van der Waals surface area contributed by atoms with Gasteiger partial charge in [0.15, 0.2) is 0 Å². The predicted octanol–water partition coefficient (Wildman–Crippen LogP) is 2.81. The summed E-state index contributed by atoms with van der Waals surface area (Å²) in [6, 6.07) is 11.0. The van der Waals surface area contributed by atoms with E-state index in [0.29, 0.717) is 23.9 Å². The molecule has 0 radical (unpaired) electrons. The summed E-state index contributed by atoms with van der Waals surface area (Å²) in [6.45, 7) is 1.19. The van der Waals surface area contributed by atoms with Crippen molar-refractivity contribution >= 4 is 23.1 Å².